The quantitative estimate of drug-likeness (QED) is 0.551. The highest BCUT2D eigenvalue weighted by molar-refractivity contribution is 7.98. The lowest BCUT2D eigenvalue weighted by molar-refractivity contribution is 0.854. The van der Waals surface area contributed by atoms with Crippen LogP contribution in [0.4, 0.5) is 5.82 Å². The number of rotatable bonds is 7. The van der Waals surface area contributed by atoms with Crippen LogP contribution >= 0.6 is 35.6 Å². The number of pyridine rings is 1. The summed E-state index contributed by atoms with van der Waals surface area (Å²) in [5.41, 5.74) is 2.27. The van der Waals surface area contributed by atoms with E-state index in [4.69, 9.17) is 23.8 Å². The molecule has 122 valence electrons. The van der Waals surface area contributed by atoms with Crippen LogP contribution in [0.15, 0.2) is 42.5 Å². The van der Waals surface area contributed by atoms with E-state index in [1.165, 1.54) is 5.56 Å². The first-order chi connectivity index (χ1) is 11.1. The molecule has 0 aliphatic rings. The average Bonchev–Trinajstić information content (AvgIpc) is 2.52. The zero-order valence-electron chi connectivity index (χ0n) is 13.0. The second-order valence-electron chi connectivity index (χ2n) is 5.08. The largest absolute Gasteiger partial charge is 0.362 e. The van der Waals surface area contributed by atoms with Gasteiger partial charge in [0.1, 0.15) is 5.82 Å². The summed E-state index contributed by atoms with van der Waals surface area (Å²) in [5.74, 6) is 2.87. The van der Waals surface area contributed by atoms with Crippen molar-refractivity contribution in [3.05, 3.63) is 58.7 Å². The molecule has 0 aliphatic heterocycles. The second-order valence-corrected chi connectivity index (χ2v) is 7.03. The smallest absolute Gasteiger partial charge is 0.171 e. The van der Waals surface area contributed by atoms with Gasteiger partial charge in [0.05, 0.1) is 0 Å². The first-order valence-corrected chi connectivity index (χ1v) is 9.38. The summed E-state index contributed by atoms with van der Waals surface area (Å²) in [6, 6.07) is 13.8. The van der Waals surface area contributed by atoms with Crippen molar-refractivity contribution in [1.29, 1.82) is 0 Å². The van der Waals surface area contributed by atoms with Gasteiger partial charge in [0, 0.05) is 23.0 Å². The molecule has 2 rings (SSSR count). The van der Waals surface area contributed by atoms with E-state index in [1.807, 2.05) is 49.0 Å². The fourth-order valence-corrected chi connectivity index (χ4v) is 3.17. The molecule has 0 fully saturated rings. The Morgan fingerprint density at radius 1 is 1.22 bits per heavy atom. The Bertz CT molecular complexity index is 632. The normalized spacial score (nSPS) is 10.3. The summed E-state index contributed by atoms with van der Waals surface area (Å²) < 4.78 is 0. The lowest BCUT2D eigenvalue weighted by Crippen LogP contribution is -2.29. The summed E-state index contributed by atoms with van der Waals surface area (Å²) in [5, 5.41) is 7.70. The van der Waals surface area contributed by atoms with Gasteiger partial charge in [-0.15, -0.1) is 0 Å². The molecule has 3 nitrogen and oxygen atoms in total. The molecule has 0 radical (unpaired) electrons. The molecule has 6 heteroatoms. The zero-order chi connectivity index (χ0) is 16.5. The Balaban J connectivity index is 1.56. The lowest BCUT2D eigenvalue weighted by atomic mass is 10.2. The first kappa shape index (κ1) is 18.0. The predicted octanol–water partition coefficient (Wildman–Crippen LogP) is 4.65. The fourth-order valence-electron chi connectivity index (χ4n) is 1.92. The van der Waals surface area contributed by atoms with Gasteiger partial charge in [-0.1, -0.05) is 29.8 Å². The number of thioether (sulfide) groups is 1. The number of nitrogens with zero attached hydrogens (tertiary/aromatic N) is 1. The van der Waals surface area contributed by atoms with Crippen molar-refractivity contribution in [1.82, 2.24) is 10.3 Å². The molecule has 0 atom stereocenters. The fraction of sp³-hybridized carbons (Fsp3) is 0.294. The molecule has 0 saturated carbocycles. The molecule has 0 saturated heterocycles. The number of anilines is 1. The van der Waals surface area contributed by atoms with Crippen molar-refractivity contribution in [3.63, 3.8) is 0 Å². The first-order valence-electron chi connectivity index (χ1n) is 7.44. The summed E-state index contributed by atoms with van der Waals surface area (Å²) >= 11 is 13.0. The maximum Gasteiger partial charge on any atom is 0.171 e. The number of thiocarbonyl (C=S) groups is 1. The standard InChI is InChI=1S/C17H20ClN3S2/c1-13-4-2-5-16(20-13)21-17(22)19-10-3-11-23-12-14-6-8-15(18)9-7-14/h2,4-9H,3,10-12H2,1H3,(H2,19,20,21,22). The maximum atomic E-state index is 5.87. The van der Waals surface area contributed by atoms with Gasteiger partial charge < -0.3 is 10.6 Å². The molecule has 2 aromatic rings. The van der Waals surface area contributed by atoms with Crippen molar-refractivity contribution in [3.8, 4) is 0 Å². The Labute approximate surface area is 152 Å². The Morgan fingerprint density at radius 3 is 2.74 bits per heavy atom. The highest BCUT2D eigenvalue weighted by atomic mass is 35.5. The summed E-state index contributed by atoms with van der Waals surface area (Å²) in [7, 11) is 0. The summed E-state index contributed by atoms with van der Waals surface area (Å²) in [6.45, 7) is 2.81. The van der Waals surface area contributed by atoms with Crippen LogP contribution in [0, 0.1) is 6.92 Å². The van der Waals surface area contributed by atoms with Crippen LogP contribution in [-0.4, -0.2) is 22.4 Å². The van der Waals surface area contributed by atoms with Gasteiger partial charge in [-0.3, -0.25) is 0 Å². The number of benzene rings is 1. The van der Waals surface area contributed by atoms with E-state index in [1.54, 1.807) is 0 Å². The molecule has 0 bridgehead atoms. The molecule has 0 aliphatic carbocycles. The molecule has 1 aromatic heterocycles. The van der Waals surface area contributed by atoms with Crippen molar-refractivity contribution in [2.24, 2.45) is 0 Å². The van der Waals surface area contributed by atoms with Crippen LogP contribution < -0.4 is 10.6 Å². The van der Waals surface area contributed by atoms with Crippen molar-refractivity contribution in [2.75, 3.05) is 17.6 Å². The number of hydrogen-bond donors (Lipinski definition) is 2. The molecule has 23 heavy (non-hydrogen) atoms. The van der Waals surface area contributed by atoms with Gasteiger partial charge in [-0.25, -0.2) is 4.98 Å². The van der Waals surface area contributed by atoms with E-state index in [0.717, 1.165) is 41.0 Å². The molecule has 1 heterocycles. The number of nitrogens with one attached hydrogen (secondary N) is 2. The summed E-state index contributed by atoms with van der Waals surface area (Å²) in [4.78, 5) is 4.36. The van der Waals surface area contributed by atoms with Crippen molar-refractivity contribution >= 4 is 46.5 Å². The van der Waals surface area contributed by atoms with E-state index in [9.17, 15) is 0 Å². The highest BCUT2D eigenvalue weighted by Crippen LogP contribution is 2.15. The topological polar surface area (TPSA) is 37.0 Å². The maximum absolute atomic E-state index is 5.87. The molecule has 0 spiro atoms. The third-order valence-corrected chi connectivity index (χ3v) is 4.68. The highest BCUT2D eigenvalue weighted by Gasteiger charge is 1.99. The second kappa shape index (κ2) is 9.75. The van der Waals surface area contributed by atoms with Gasteiger partial charge in [0.2, 0.25) is 0 Å². The SMILES string of the molecule is Cc1cccc(NC(=S)NCCCSCc2ccc(Cl)cc2)n1. The van der Waals surface area contributed by atoms with E-state index in [2.05, 4.69) is 27.8 Å². The molecule has 1 aromatic carbocycles. The van der Waals surface area contributed by atoms with Crippen LogP contribution in [-0.2, 0) is 5.75 Å². The van der Waals surface area contributed by atoms with E-state index in [-0.39, 0.29) is 0 Å². The van der Waals surface area contributed by atoms with E-state index in [0.29, 0.717) is 5.11 Å². The van der Waals surface area contributed by atoms with Gasteiger partial charge in [-0.05, 0) is 61.1 Å². The molecular weight excluding hydrogens is 346 g/mol. The number of halogens is 1. The van der Waals surface area contributed by atoms with Crippen molar-refractivity contribution < 1.29 is 0 Å². The van der Waals surface area contributed by atoms with Crippen LogP contribution in [0.2, 0.25) is 5.02 Å². The van der Waals surface area contributed by atoms with Crippen molar-refractivity contribution in [2.45, 2.75) is 19.1 Å². The monoisotopic (exact) mass is 365 g/mol. The number of aryl methyl sites for hydroxylation is 1. The molecule has 0 amide bonds. The Kier molecular flexibility index (Phi) is 7.65. The minimum absolute atomic E-state index is 0.616. The lowest BCUT2D eigenvalue weighted by Gasteiger charge is -2.10. The van der Waals surface area contributed by atoms with E-state index >= 15 is 0 Å². The zero-order valence-corrected chi connectivity index (χ0v) is 15.4. The van der Waals surface area contributed by atoms with Gasteiger partial charge >= 0.3 is 0 Å². The third kappa shape index (κ3) is 7.20. The molecule has 0 unspecified atom stereocenters. The average molecular weight is 366 g/mol. The van der Waals surface area contributed by atoms with Crippen LogP contribution in [0.1, 0.15) is 17.7 Å². The van der Waals surface area contributed by atoms with Gasteiger partial charge in [0.25, 0.3) is 0 Å². The minimum Gasteiger partial charge on any atom is -0.362 e. The van der Waals surface area contributed by atoms with E-state index < -0.39 is 0 Å². The third-order valence-electron chi connectivity index (χ3n) is 3.06. The minimum atomic E-state index is 0.616. The van der Waals surface area contributed by atoms with Gasteiger partial charge in [0.15, 0.2) is 5.11 Å². The Hall–Kier alpha value is -1.30. The Morgan fingerprint density at radius 2 is 2.00 bits per heavy atom. The number of hydrogen-bond acceptors (Lipinski definition) is 3. The van der Waals surface area contributed by atoms with Gasteiger partial charge in [-0.2, -0.15) is 11.8 Å². The predicted molar refractivity (Wildman–Crippen MR) is 105 cm³/mol. The number of aromatic nitrogens is 1. The molecular formula is C17H20ClN3S2. The molecule has 2 N–H and O–H groups in total. The van der Waals surface area contributed by atoms with Crippen LogP contribution in [0.25, 0.3) is 0 Å². The summed E-state index contributed by atoms with van der Waals surface area (Å²) in [6.07, 6.45) is 1.06. The van der Waals surface area contributed by atoms with Crippen LogP contribution in [0.5, 0.6) is 0 Å². The van der Waals surface area contributed by atoms with Crippen LogP contribution in [0.3, 0.4) is 0 Å².